The monoisotopic (exact) mass is 500 g/mol. The van der Waals surface area contributed by atoms with E-state index in [2.05, 4.69) is 15.6 Å². The zero-order chi connectivity index (χ0) is 26.2. The summed E-state index contributed by atoms with van der Waals surface area (Å²) in [6, 6.07) is 17.5. The van der Waals surface area contributed by atoms with Crippen LogP contribution in [0, 0.1) is 0 Å². The Kier molecular flexibility index (Phi) is 6.45. The van der Waals surface area contributed by atoms with Crippen LogP contribution in [0.15, 0.2) is 60.9 Å². The number of imidazole rings is 1. The summed E-state index contributed by atoms with van der Waals surface area (Å²) >= 11 is 0. The van der Waals surface area contributed by atoms with Crippen molar-refractivity contribution in [1.29, 1.82) is 0 Å². The van der Waals surface area contributed by atoms with Crippen LogP contribution in [0.25, 0.3) is 0 Å². The van der Waals surface area contributed by atoms with Gasteiger partial charge in [-0.3, -0.25) is 14.4 Å². The fourth-order valence-corrected chi connectivity index (χ4v) is 4.87. The number of hydrogen-bond donors (Lipinski definition) is 2. The lowest BCUT2D eigenvalue weighted by Crippen LogP contribution is -2.64. The van der Waals surface area contributed by atoms with Gasteiger partial charge in [0.1, 0.15) is 11.2 Å². The number of amides is 3. The van der Waals surface area contributed by atoms with E-state index in [1.54, 1.807) is 16.4 Å². The van der Waals surface area contributed by atoms with Crippen LogP contribution < -0.4 is 15.5 Å². The topological polar surface area (TPSA) is 99.6 Å². The molecule has 0 saturated heterocycles. The van der Waals surface area contributed by atoms with Crippen molar-refractivity contribution < 1.29 is 14.4 Å². The van der Waals surface area contributed by atoms with Gasteiger partial charge in [0.15, 0.2) is 5.69 Å². The smallest absolute Gasteiger partial charge is 0.274 e. The first-order chi connectivity index (χ1) is 17.8. The number of anilines is 1. The molecule has 1 fully saturated rings. The molecule has 0 bridgehead atoms. The molecule has 3 amide bonds. The lowest BCUT2D eigenvalue weighted by molar-refractivity contribution is -0.133. The maximum absolute atomic E-state index is 13.8. The molecule has 0 spiro atoms. The minimum atomic E-state index is -1.08. The molecule has 1 aliphatic carbocycles. The van der Waals surface area contributed by atoms with Gasteiger partial charge in [-0.2, -0.15) is 0 Å². The van der Waals surface area contributed by atoms with Crippen molar-refractivity contribution in [3.8, 4) is 0 Å². The first-order valence-electron chi connectivity index (χ1n) is 12.5. The van der Waals surface area contributed by atoms with Crippen LogP contribution in [-0.4, -0.2) is 57.8 Å². The highest BCUT2D eigenvalue weighted by molar-refractivity contribution is 6.07. The summed E-state index contributed by atoms with van der Waals surface area (Å²) < 4.78 is 1.64. The number of rotatable bonds is 8. The van der Waals surface area contributed by atoms with Crippen LogP contribution in [0.3, 0.4) is 0 Å². The maximum atomic E-state index is 13.8. The molecule has 9 nitrogen and oxygen atoms in total. The van der Waals surface area contributed by atoms with Crippen LogP contribution in [-0.2, 0) is 24.4 Å². The van der Waals surface area contributed by atoms with E-state index in [1.807, 2.05) is 73.6 Å². The van der Waals surface area contributed by atoms with Gasteiger partial charge in [0.25, 0.3) is 11.8 Å². The van der Waals surface area contributed by atoms with Gasteiger partial charge in [-0.15, -0.1) is 0 Å². The fraction of sp³-hybridized carbons (Fsp3) is 0.357. The van der Waals surface area contributed by atoms with Crippen LogP contribution in [0.2, 0.25) is 0 Å². The molecule has 1 saturated carbocycles. The lowest BCUT2D eigenvalue weighted by Gasteiger charge is -2.44. The predicted octanol–water partition coefficient (Wildman–Crippen LogP) is 2.57. The highest BCUT2D eigenvalue weighted by Crippen LogP contribution is 2.38. The Hall–Kier alpha value is -4.14. The Balaban J connectivity index is 1.33. The van der Waals surface area contributed by atoms with Crippen molar-refractivity contribution >= 4 is 23.4 Å². The summed E-state index contributed by atoms with van der Waals surface area (Å²) in [5.74, 6) is -0.959. The van der Waals surface area contributed by atoms with Crippen molar-refractivity contribution in [1.82, 2.24) is 25.1 Å². The molecule has 1 unspecified atom stereocenters. The molecule has 1 aromatic heterocycles. The van der Waals surface area contributed by atoms with E-state index in [1.165, 1.54) is 6.33 Å². The Morgan fingerprint density at radius 3 is 2.30 bits per heavy atom. The predicted molar refractivity (Wildman–Crippen MR) is 140 cm³/mol. The Labute approximate surface area is 216 Å². The molecule has 3 aromatic rings. The molecule has 1 aliphatic heterocycles. The number of aromatic nitrogens is 2. The van der Waals surface area contributed by atoms with Gasteiger partial charge >= 0.3 is 0 Å². The van der Waals surface area contributed by atoms with Gasteiger partial charge in [0.2, 0.25) is 5.91 Å². The molecule has 1 atom stereocenters. The van der Waals surface area contributed by atoms with Crippen LogP contribution >= 0.6 is 0 Å². The number of fused-ring (bicyclic) bond motifs is 1. The van der Waals surface area contributed by atoms with Gasteiger partial charge in [0.05, 0.1) is 12.9 Å². The van der Waals surface area contributed by atoms with Crippen molar-refractivity contribution in [3.63, 3.8) is 0 Å². The van der Waals surface area contributed by atoms with Crippen molar-refractivity contribution in [2.45, 2.75) is 51.0 Å². The summed E-state index contributed by atoms with van der Waals surface area (Å²) in [5, 5.41) is 5.89. The largest absolute Gasteiger partial charge is 0.378 e. The highest BCUT2D eigenvalue weighted by Gasteiger charge is 2.53. The average molecular weight is 501 g/mol. The van der Waals surface area contributed by atoms with E-state index in [0.29, 0.717) is 13.1 Å². The van der Waals surface area contributed by atoms with E-state index >= 15 is 0 Å². The number of carbonyl (C=O) groups is 3. The quantitative estimate of drug-likeness (QED) is 0.495. The van der Waals surface area contributed by atoms with Crippen LogP contribution in [0.1, 0.15) is 51.9 Å². The average Bonchev–Trinajstić information content (AvgIpc) is 3.64. The fourth-order valence-electron chi connectivity index (χ4n) is 4.87. The summed E-state index contributed by atoms with van der Waals surface area (Å²) in [7, 11) is 3.94. The lowest BCUT2D eigenvalue weighted by atomic mass is 9.93. The Morgan fingerprint density at radius 1 is 1.00 bits per heavy atom. The second-order valence-corrected chi connectivity index (χ2v) is 10.2. The third-order valence-electron chi connectivity index (χ3n) is 7.09. The number of carbonyl (C=O) groups excluding carboxylic acids is 3. The molecule has 2 N–H and O–H groups in total. The molecule has 2 heterocycles. The molecule has 2 aromatic carbocycles. The van der Waals surface area contributed by atoms with Crippen LogP contribution in [0.5, 0.6) is 0 Å². The van der Waals surface area contributed by atoms with Crippen molar-refractivity contribution in [3.05, 3.63) is 83.4 Å². The normalized spacial score (nSPS) is 18.8. The first kappa shape index (κ1) is 24.5. The molecular weight excluding hydrogens is 468 g/mol. The zero-order valence-electron chi connectivity index (χ0n) is 21.4. The molecule has 5 rings (SSSR count). The van der Waals surface area contributed by atoms with Gasteiger partial charge in [0, 0.05) is 38.9 Å². The highest BCUT2D eigenvalue weighted by atomic mass is 16.2. The second-order valence-electron chi connectivity index (χ2n) is 10.2. The number of nitrogens with zero attached hydrogens (tertiary/aromatic N) is 4. The van der Waals surface area contributed by atoms with Gasteiger partial charge in [-0.05, 0) is 43.0 Å². The minimum absolute atomic E-state index is 0.0188. The van der Waals surface area contributed by atoms with E-state index in [0.717, 1.165) is 29.7 Å². The number of nitrogens with one attached hydrogen (secondary N) is 2. The summed E-state index contributed by atoms with van der Waals surface area (Å²) in [5.41, 5.74) is 2.24. The summed E-state index contributed by atoms with van der Waals surface area (Å²) in [6.07, 6.45) is 3.17. The van der Waals surface area contributed by atoms with Crippen molar-refractivity contribution in [2.24, 2.45) is 0 Å². The maximum Gasteiger partial charge on any atom is 0.274 e. The molecular formula is C28H32N6O3. The standard InChI is InChI=1S/C28H32N6O3/c1-28(27(37)30-16-19-7-5-4-6-8-19)17-33-18-31-23(24(33)26(36)34(28)22-13-14-22)25(35)29-15-20-9-11-21(12-10-20)32(2)3/h4-12,18,22H,13-17H2,1-3H3,(H,29,35)(H,30,37). The zero-order valence-corrected chi connectivity index (χ0v) is 21.4. The SMILES string of the molecule is CN(C)c1ccc(CNC(=O)c2ncn3c2C(=O)N(C2CC2)C(C)(C(=O)NCc2ccccc2)C3)cc1. The number of hydrogen-bond acceptors (Lipinski definition) is 5. The third kappa shape index (κ3) is 4.81. The number of benzene rings is 2. The molecule has 0 radical (unpaired) electrons. The summed E-state index contributed by atoms with van der Waals surface area (Å²) in [4.78, 5) is 48.2. The van der Waals surface area contributed by atoms with E-state index in [-0.39, 0.29) is 35.8 Å². The van der Waals surface area contributed by atoms with Crippen LogP contribution in [0.4, 0.5) is 5.69 Å². The minimum Gasteiger partial charge on any atom is -0.378 e. The molecule has 9 heteroatoms. The van der Waals surface area contributed by atoms with E-state index in [4.69, 9.17) is 0 Å². The van der Waals surface area contributed by atoms with E-state index in [9.17, 15) is 14.4 Å². The van der Waals surface area contributed by atoms with Gasteiger partial charge in [-0.1, -0.05) is 42.5 Å². The Bertz CT molecular complexity index is 1310. The molecule has 192 valence electrons. The molecule has 37 heavy (non-hydrogen) atoms. The second kappa shape index (κ2) is 9.72. The third-order valence-corrected chi connectivity index (χ3v) is 7.09. The van der Waals surface area contributed by atoms with Gasteiger partial charge < -0.3 is 25.0 Å². The summed E-state index contributed by atoms with van der Waals surface area (Å²) in [6.45, 7) is 2.72. The Morgan fingerprint density at radius 2 is 1.65 bits per heavy atom. The first-order valence-corrected chi connectivity index (χ1v) is 12.5. The van der Waals surface area contributed by atoms with E-state index < -0.39 is 11.4 Å². The van der Waals surface area contributed by atoms with Crippen molar-refractivity contribution in [2.75, 3.05) is 19.0 Å². The van der Waals surface area contributed by atoms with Gasteiger partial charge in [-0.25, -0.2) is 4.98 Å². The molecule has 2 aliphatic rings.